The van der Waals surface area contributed by atoms with Gasteiger partial charge in [0, 0.05) is 12.1 Å². The van der Waals surface area contributed by atoms with Gasteiger partial charge in [0.25, 0.3) is 5.91 Å². The summed E-state index contributed by atoms with van der Waals surface area (Å²) in [6.07, 6.45) is 0.364. The zero-order valence-corrected chi connectivity index (χ0v) is 16.6. The molecule has 0 saturated carbocycles. The Morgan fingerprint density at radius 1 is 1.14 bits per heavy atom. The Balaban J connectivity index is 1.53. The van der Waals surface area contributed by atoms with Crippen LogP contribution in [0, 0.1) is 0 Å². The summed E-state index contributed by atoms with van der Waals surface area (Å²) in [5, 5.41) is 5.48. The van der Waals surface area contributed by atoms with Gasteiger partial charge in [-0.05, 0) is 50.1 Å². The summed E-state index contributed by atoms with van der Waals surface area (Å²) in [5.41, 5.74) is 1.53. The normalized spacial score (nSPS) is 17.0. The highest BCUT2D eigenvalue weighted by molar-refractivity contribution is 6.05. The van der Waals surface area contributed by atoms with E-state index in [-0.39, 0.29) is 30.7 Å². The van der Waals surface area contributed by atoms with Crippen molar-refractivity contribution in [2.24, 2.45) is 0 Å². The van der Waals surface area contributed by atoms with E-state index in [1.165, 1.54) is 4.90 Å². The quantitative estimate of drug-likeness (QED) is 0.670. The van der Waals surface area contributed by atoms with Gasteiger partial charge in [-0.1, -0.05) is 30.3 Å². The van der Waals surface area contributed by atoms with Gasteiger partial charge < -0.3 is 15.4 Å². The summed E-state index contributed by atoms with van der Waals surface area (Å²) < 4.78 is 5.37. The van der Waals surface area contributed by atoms with Crippen molar-refractivity contribution in [2.75, 3.05) is 11.9 Å². The zero-order chi connectivity index (χ0) is 20.8. The average molecular weight is 395 g/mol. The molecule has 0 radical (unpaired) electrons. The molecule has 0 bridgehead atoms. The van der Waals surface area contributed by atoms with Crippen LogP contribution in [0.1, 0.15) is 38.3 Å². The fourth-order valence-corrected chi connectivity index (χ4v) is 3.29. The van der Waals surface area contributed by atoms with Crippen LogP contribution in [0.4, 0.5) is 10.5 Å². The predicted molar refractivity (Wildman–Crippen MR) is 109 cm³/mol. The van der Waals surface area contributed by atoms with Crippen LogP contribution in [0.3, 0.4) is 0 Å². The molecule has 7 nitrogen and oxygen atoms in total. The van der Waals surface area contributed by atoms with Crippen LogP contribution in [0.2, 0.25) is 0 Å². The predicted octanol–water partition coefficient (Wildman–Crippen LogP) is 3.49. The number of hydrogen-bond acceptors (Lipinski definition) is 4. The van der Waals surface area contributed by atoms with Crippen LogP contribution in [0.15, 0.2) is 54.6 Å². The van der Waals surface area contributed by atoms with Crippen molar-refractivity contribution in [3.05, 3.63) is 60.2 Å². The standard InChI is InChI=1S/C22H25N3O4/c1-3-29-18-11-9-17(10-12-18)23-20(26)14-13-19-21(27)25(22(28)24-19)15(2)16-7-5-4-6-8-16/h4-12,15,19H,3,13-14H2,1-2H3,(H,23,26)(H,24,28)/t15-,19-/m0/s1. The SMILES string of the molecule is CCOc1ccc(NC(=O)CC[C@@H]2NC(=O)N([C@@H](C)c3ccccc3)C2=O)cc1. The highest BCUT2D eigenvalue weighted by atomic mass is 16.5. The lowest BCUT2D eigenvalue weighted by Crippen LogP contribution is -2.34. The molecule has 2 atom stereocenters. The molecule has 1 heterocycles. The maximum atomic E-state index is 12.7. The minimum atomic E-state index is -0.695. The fraction of sp³-hybridized carbons (Fsp3) is 0.318. The Morgan fingerprint density at radius 3 is 2.48 bits per heavy atom. The Morgan fingerprint density at radius 2 is 1.83 bits per heavy atom. The van der Waals surface area contributed by atoms with Gasteiger partial charge >= 0.3 is 6.03 Å². The van der Waals surface area contributed by atoms with Gasteiger partial charge in [-0.2, -0.15) is 0 Å². The number of ether oxygens (including phenoxy) is 1. The van der Waals surface area contributed by atoms with E-state index in [1.54, 1.807) is 24.3 Å². The summed E-state index contributed by atoms with van der Waals surface area (Å²) >= 11 is 0. The van der Waals surface area contributed by atoms with Gasteiger partial charge in [-0.25, -0.2) is 4.79 Å². The van der Waals surface area contributed by atoms with Crippen molar-refractivity contribution in [3.8, 4) is 5.75 Å². The number of carbonyl (C=O) groups is 3. The van der Waals surface area contributed by atoms with E-state index in [9.17, 15) is 14.4 Å². The first kappa shape index (κ1) is 20.4. The number of carbonyl (C=O) groups excluding carboxylic acids is 3. The number of imide groups is 1. The van der Waals surface area contributed by atoms with E-state index in [4.69, 9.17) is 4.74 Å². The maximum absolute atomic E-state index is 12.7. The first-order chi connectivity index (χ1) is 14.0. The molecule has 0 spiro atoms. The molecule has 0 aromatic heterocycles. The van der Waals surface area contributed by atoms with Gasteiger partial charge in [-0.3, -0.25) is 14.5 Å². The van der Waals surface area contributed by atoms with Crippen LogP contribution in [0.5, 0.6) is 5.75 Å². The third kappa shape index (κ3) is 4.93. The number of anilines is 1. The van der Waals surface area contributed by atoms with Crippen molar-refractivity contribution >= 4 is 23.5 Å². The summed E-state index contributed by atoms with van der Waals surface area (Å²) in [6.45, 7) is 4.29. The molecule has 1 aliphatic rings. The summed E-state index contributed by atoms with van der Waals surface area (Å²) in [5.74, 6) is 0.211. The maximum Gasteiger partial charge on any atom is 0.325 e. The van der Waals surface area contributed by atoms with Crippen molar-refractivity contribution in [3.63, 3.8) is 0 Å². The van der Waals surface area contributed by atoms with Gasteiger partial charge in [0.15, 0.2) is 0 Å². The number of urea groups is 1. The molecule has 2 aromatic carbocycles. The van der Waals surface area contributed by atoms with Crippen LogP contribution in [-0.2, 0) is 9.59 Å². The molecule has 2 aromatic rings. The number of hydrogen-bond donors (Lipinski definition) is 2. The van der Waals surface area contributed by atoms with Gasteiger partial charge in [0.1, 0.15) is 11.8 Å². The molecule has 29 heavy (non-hydrogen) atoms. The van der Waals surface area contributed by atoms with E-state index in [0.717, 1.165) is 11.3 Å². The van der Waals surface area contributed by atoms with E-state index in [1.807, 2.05) is 44.2 Å². The smallest absolute Gasteiger partial charge is 0.325 e. The largest absolute Gasteiger partial charge is 0.494 e. The van der Waals surface area contributed by atoms with Gasteiger partial charge in [-0.15, -0.1) is 0 Å². The number of benzene rings is 2. The van der Waals surface area contributed by atoms with Crippen molar-refractivity contribution in [1.82, 2.24) is 10.2 Å². The highest BCUT2D eigenvalue weighted by Crippen LogP contribution is 2.25. The minimum Gasteiger partial charge on any atom is -0.494 e. The van der Waals surface area contributed by atoms with Crippen molar-refractivity contribution in [2.45, 2.75) is 38.8 Å². The number of nitrogens with zero attached hydrogens (tertiary/aromatic N) is 1. The molecular formula is C22H25N3O4. The molecule has 0 aliphatic carbocycles. The fourth-order valence-electron chi connectivity index (χ4n) is 3.29. The van der Waals surface area contributed by atoms with Crippen molar-refractivity contribution < 1.29 is 19.1 Å². The number of nitrogens with one attached hydrogen (secondary N) is 2. The van der Waals surface area contributed by atoms with Crippen molar-refractivity contribution in [1.29, 1.82) is 0 Å². The first-order valence-electron chi connectivity index (χ1n) is 9.70. The molecule has 0 unspecified atom stereocenters. The molecular weight excluding hydrogens is 370 g/mol. The zero-order valence-electron chi connectivity index (χ0n) is 16.6. The van der Waals surface area contributed by atoms with Gasteiger partial charge in [0.05, 0.1) is 12.6 Å². The molecule has 1 saturated heterocycles. The highest BCUT2D eigenvalue weighted by Gasteiger charge is 2.40. The Bertz CT molecular complexity index is 867. The number of amides is 4. The second-order valence-electron chi connectivity index (χ2n) is 6.84. The van der Waals surface area contributed by atoms with E-state index in [0.29, 0.717) is 12.3 Å². The third-order valence-corrected chi connectivity index (χ3v) is 4.83. The first-order valence-corrected chi connectivity index (χ1v) is 9.70. The molecule has 1 fully saturated rings. The van der Waals surface area contributed by atoms with Gasteiger partial charge in [0.2, 0.25) is 5.91 Å². The molecule has 4 amide bonds. The average Bonchev–Trinajstić information content (AvgIpc) is 3.01. The Labute approximate surface area is 170 Å². The molecule has 152 valence electrons. The number of rotatable bonds is 8. The lowest BCUT2D eigenvalue weighted by atomic mass is 10.1. The lowest BCUT2D eigenvalue weighted by molar-refractivity contribution is -0.129. The second-order valence-corrected chi connectivity index (χ2v) is 6.84. The topological polar surface area (TPSA) is 87.7 Å². The minimum absolute atomic E-state index is 0.122. The Hall–Kier alpha value is -3.35. The van der Waals surface area contributed by atoms with Crippen LogP contribution >= 0.6 is 0 Å². The monoisotopic (exact) mass is 395 g/mol. The second kappa shape index (κ2) is 9.23. The molecule has 3 rings (SSSR count). The third-order valence-electron chi connectivity index (χ3n) is 4.83. The summed E-state index contributed by atoms with van der Waals surface area (Å²) in [7, 11) is 0. The van der Waals surface area contributed by atoms with E-state index < -0.39 is 12.1 Å². The summed E-state index contributed by atoms with van der Waals surface area (Å²) in [6, 6.07) is 15.0. The van der Waals surface area contributed by atoms with Crippen LogP contribution in [0.25, 0.3) is 0 Å². The molecule has 1 aliphatic heterocycles. The van der Waals surface area contributed by atoms with Crippen LogP contribution < -0.4 is 15.4 Å². The Kier molecular flexibility index (Phi) is 6.49. The van der Waals surface area contributed by atoms with Crippen LogP contribution in [-0.4, -0.2) is 35.4 Å². The summed E-state index contributed by atoms with van der Waals surface area (Å²) in [4.78, 5) is 38.5. The molecule has 2 N–H and O–H groups in total. The molecule has 7 heteroatoms. The van der Waals surface area contributed by atoms with E-state index in [2.05, 4.69) is 10.6 Å². The lowest BCUT2D eigenvalue weighted by Gasteiger charge is -2.21. The van der Waals surface area contributed by atoms with E-state index >= 15 is 0 Å².